The molecule has 0 heterocycles. The quantitative estimate of drug-likeness (QED) is 0.555. The van der Waals surface area contributed by atoms with Crippen LogP contribution in [0.2, 0.25) is 0 Å². The van der Waals surface area contributed by atoms with Gasteiger partial charge in [-0.1, -0.05) is 6.08 Å². The summed E-state index contributed by atoms with van der Waals surface area (Å²) in [6.07, 6.45) is 3.39. The van der Waals surface area contributed by atoms with E-state index in [1.165, 1.54) is 14.2 Å². The highest BCUT2D eigenvalue weighted by Gasteiger charge is 2.26. The van der Waals surface area contributed by atoms with Crippen LogP contribution in [0.25, 0.3) is 0 Å². The lowest BCUT2D eigenvalue weighted by molar-refractivity contribution is 0.0262. The smallest absolute Gasteiger partial charge is 0.438 e. The Morgan fingerprint density at radius 3 is 2.59 bits per heavy atom. The lowest BCUT2D eigenvalue weighted by Crippen LogP contribution is -2.23. The van der Waals surface area contributed by atoms with E-state index in [9.17, 15) is 9.59 Å². The van der Waals surface area contributed by atoms with E-state index in [1.807, 2.05) is 6.08 Å². The standard InChI is InChI=1S/C11H16O6/c1-14-10(12)16-7-6-8-4-3-5-9(8)17-11(13)15-2/h3,5,8-9H,4,6-7H2,1-2H3/t8-,9-/m1/s1. The van der Waals surface area contributed by atoms with Crippen LogP contribution in [0.3, 0.4) is 0 Å². The minimum atomic E-state index is -0.708. The number of allylic oxidation sites excluding steroid dienone is 1. The van der Waals surface area contributed by atoms with Gasteiger partial charge >= 0.3 is 12.3 Å². The zero-order valence-electron chi connectivity index (χ0n) is 9.88. The van der Waals surface area contributed by atoms with E-state index < -0.39 is 12.3 Å². The average molecular weight is 244 g/mol. The monoisotopic (exact) mass is 244 g/mol. The molecule has 0 aromatic rings. The summed E-state index contributed by atoms with van der Waals surface area (Å²) in [5, 5.41) is 0. The van der Waals surface area contributed by atoms with Crippen molar-refractivity contribution < 1.29 is 28.5 Å². The predicted molar refractivity (Wildman–Crippen MR) is 57.5 cm³/mol. The van der Waals surface area contributed by atoms with Crippen molar-refractivity contribution in [3.8, 4) is 0 Å². The Kier molecular flexibility index (Phi) is 5.32. The van der Waals surface area contributed by atoms with Crippen molar-refractivity contribution in [1.29, 1.82) is 0 Å². The van der Waals surface area contributed by atoms with Gasteiger partial charge in [-0.05, 0) is 18.9 Å². The van der Waals surface area contributed by atoms with Crippen molar-refractivity contribution in [2.75, 3.05) is 20.8 Å². The zero-order chi connectivity index (χ0) is 12.7. The van der Waals surface area contributed by atoms with E-state index in [1.54, 1.807) is 6.08 Å². The summed E-state index contributed by atoms with van der Waals surface area (Å²) in [4.78, 5) is 21.7. The summed E-state index contributed by atoms with van der Waals surface area (Å²) in [7, 11) is 2.51. The normalized spacial score (nSPS) is 22.0. The van der Waals surface area contributed by atoms with E-state index in [4.69, 9.17) is 9.47 Å². The maximum Gasteiger partial charge on any atom is 0.508 e. The van der Waals surface area contributed by atoms with Gasteiger partial charge in [-0.15, -0.1) is 0 Å². The third kappa shape index (κ3) is 4.34. The second-order valence-electron chi connectivity index (χ2n) is 3.55. The first-order chi connectivity index (χ1) is 8.17. The lowest BCUT2D eigenvalue weighted by atomic mass is 10.0. The molecule has 0 radical (unpaired) electrons. The Labute approximate surface area is 99.5 Å². The molecule has 0 unspecified atom stereocenters. The van der Waals surface area contributed by atoms with Crippen molar-refractivity contribution in [3.63, 3.8) is 0 Å². The molecule has 1 rings (SSSR count). The van der Waals surface area contributed by atoms with E-state index in [0.29, 0.717) is 6.42 Å². The Bertz CT molecular complexity index is 298. The van der Waals surface area contributed by atoms with E-state index >= 15 is 0 Å². The fourth-order valence-corrected chi connectivity index (χ4v) is 1.61. The Morgan fingerprint density at radius 2 is 1.94 bits per heavy atom. The van der Waals surface area contributed by atoms with Gasteiger partial charge < -0.3 is 18.9 Å². The molecule has 0 fully saturated rings. The number of carbonyl (C=O) groups is 2. The number of hydrogen-bond donors (Lipinski definition) is 0. The molecule has 1 aliphatic carbocycles. The average Bonchev–Trinajstić information content (AvgIpc) is 2.76. The number of ether oxygens (including phenoxy) is 4. The van der Waals surface area contributed by atoms with Crippen LogP contribution in [0.4, 0.5) is 9.59 Å². The molecule has 0 saturated heterocycles. The van der Waals surface area contributed by atoms with Crippen LogP contribution in [0.1, 0.15) is 12.8 Å². The molecule has 0 amide bonds. The molecule has 6 heteroatoms. The topological polar surface area (TPSA) is 71.1 Å². The van der Waals surface area contributed by atoms with E-state index in [-0.39, 0.29) is 18.6 Å². The van der Waals surface area contributed by atoms with Gasteiger partial charge in [0.25, 0.3) is 0 Å². The summed E-state index contributed by atoms with van der Waals surface area (Å²) < 4.78 is 18.6. The molecule has 2 atom stereocenters. The van der Waals surface area contributed by atoms with E-state index in [2.05, 4.69) is 9.47 Å². The molecule has 0 N–H and O–H groups in total. The number of carbonyl (C=O) groups excluding carboxylic acids is 2. The molecule has 0 aliphatic heterocycles. The fraction of sp³-hybridized carbons (Fsp3) is 0.636. The van der Waals surface area contributed by atoms with Gasteiger partial charge in [0.1, 0.15) is 6.10 Å². The first-order valence-electron chi connectivity index (χ1n) is 5.29. The summed E-state index contributed by atoms with van der Waals surface area (Å²) in [6.45, 7) is 0.236. The molecule has 17 heavy (non-hydrogen) atoms. The molecular formula is C11H16O6. The largest absolute Gasteiger partial charge is 0.508 e. The molecule has 96 valence electrons. The number of hydrogen-bond acceptors (Lipinski definition) is 6. The van der Waals surface area contributed by atoms with Crippen LogP contribution in [0.15, 0.2) is 12.2 Å². The molecule has 0 aromatic heterocycles. The third-order valence-corrected chi connectivity index (χ3v) is 2.50. The van der Waals surface area contributed by atoms with Gasteiger partial charge in [-0.3, -0.25) is 0 Å². The maximum absolute atomic E-state index is 11.0. The Hall–Kier alpha value is -1.72. The highest BCUT2D eigenvalue weighted by molar-refractivity contribution is 5.60. The van der Waals surface area contributed by atoms with Gasteiger partial charge in [0.15, 0.2) is 0 Å². The van der Waals surface area contributed by atoms with Crippen molar-refractivity contribution in [1.82, 2.24) is 0 Å². The van der Waals surface area contributed by atoms with Gasteiger partial charge in [-0.2, -0.15) is 0 Å². The van der Waals surface area contributed by atoms with Crippen molar-refractivity contribution in [2.45, 2.75) is 18.9 Å². The minimum absolute atomic E-state index is 0.110. The molecular weight excluding hydrogens is 228 g/mol. The second-order valence-corrected chi connectivity index (χ2v) is 3.55. The van der Waals surface area contributed by atoms with Gasteiger partial charge in [0.2, 0.25) is 0 Å². The molecule has 0 saturated carbocycles. The van der Waals surface area contributed by atoms with Crippen LogP contribution in [0, 0.1) is 5.92 Å². The van der Waals surface area contributed by atoms with Gasteiger partial charge in [0.05, 0.1) is 20.8 Å². The molecule has 0 bridgehead atoms. The molecule has 1 aliphatic rings. The van der Waals surface area contributed by atoms with Crippen LogP contribution in [0.5, 0.6) is 0 Å². The Morgan fingerprint density at radius 1 is 1.24 bits per heavy atom. The summed E-state index contributed by atoms with van der Waals surface area (Å²) >= 11 is 0. The first kappa shape index (κ1) is 13.3. The lowest BCUT2D eigenvalue weighted by Gasteiger charge is -2.18. The predicted octanol–water partition coefficient (Wildman–Crippen LogP) is 1.89. The number of methoxy groups -OCH3 is 2. The van der Waals surface area contributed by atoms with Crippen LogP contribution in [-0.2, 0) is 18.9 Å². The van der Waals surface area contributed by atoms with Crippen molar-refractivity contribution in [3.05, 3.63) is 12.2 Å². The molecule has 0 spiro atoms. The summed E-state index contributed by atoms with van der Waals surface area (Å²) in [5.74, 6) is 0.110. The van der Waals surface area contributed by atoms with E-state index in [0.717, 1.165) is 6.42 Å². The summed E-state index contributed by atoms with van der Waals surface area (Å²) in [5.41, 5.74) is 0. The second kappa shape index (κ2) is 6.78. The maximum atomic E-state index is 11.0. The Balaban J connectivity index is 2.28. The fourth-order valence-electron chi connectivity index (χ4n) is 1.61. The van der Waals surface area contributed by atoms with Crippen LogP contribution in [-0.4, -0.2) is 39.2 Å². The third-order valence-electron chi connectivity index (χ3n) is 2.50. The number of rotatable bonds is 4. The SMILES string of the molecule is COC(=O)OCC[C@H]1CC=C[C@H]1OC(=O)OC. The summed E-state index contributed by atoms with van der Waals surface area (Å²) in [6, 6.07) is 0. The first-order valence-corrected chi connectivity index (χ1v) is 5.29. The highest BCUT2D eigenvalue weighted by Crippen LogP contribution is 2.25. The van der Waals surface area contributed by atoms with Gasteiger partial charge in [-0.25, -0.2) is 9.59 Å². The van der Waals surface area contributed by atoms with Crippen molar-refractivity contribution in [2.24, 2.45) is 5.92 Å². The van der Waals surface area contributed by atoms with Crippen LogP contribution >= 0.6 is 0 Å². The van der Waals surface area contributed by atoms with Gasteiger partial charge in [0, 0.05) is 5.92 Å². The van der Waals surface area contributed by atoms with Crippen LogP contribution < -0.4 is 0 Å². The zero-order valence-corrected chi connectivity index (χ0v) is 9.88. The minimum Gasteiger partial charge on any atom is -0.438 e. The molecule has 0 aromatic carbocycles. The molecule has 6 nitrogen and oxygen atoms in total. The van der Waals surface area contributed by atoms with Crippen molar-refractivity contribution >= 4 is 12.3 Å². The highest BCUT2D eigenvalue weighted by atomic mass is 16.7.